The third-order valence-corrected chi connectivity index (χ3v) is 14.1. The number of carbonyl (C=O) groups excluding carboxylic acids is 2. The van der Waals surface area contributed by atoms with E-state index in [1.807, 2.05) is 33.9 Å². The first-order valence-electron chi connectivity index (χ1n) is 8.40. The summed E-state index contributed by atoms with van der Waals surface area (Å²) in [6.07, 6.45) is -0.0255. The van der Waals surface area contributed by atoms with Gasteiger partial charge in [-0.05, 0) is 12.0 Å². The number of carboxylic acid groups (broad SMARTS) is 1. The Morgan fingerprint density at radius 2 is 1.81 bits per heavy atom. The minimum Gasteiger partial charge on any atom is -0.480 e. The predicted octanol–water partition coefficient (Wildman–Crippen LogP) is 0.101. The molecule has 0 aromatic carbocycles. The van der Waals surface area contributed by atoms with Crippen molar-refractivity contribution in [3.63, 3.8) is 0 Å². The molecule has 0 aliphatic carbocycles. The van der Waals surface area contributed by atoms with Crippen molar-refractivity contribution in [3.8, 4) is 0 Å². The Balaban J connectivity index is 2.72. The summed E-state index contributed by atoms with van der Waals surface area (Å²) >= 11 is 0. The molecule has 1 fully saturated rings. The second-order valence-corrected chi connectivity index (χ2v) is 15.5. The molecule has 1 rings (SSSR count). The van der Waals surface area contributed by atoms with Gasteiger partial charge in [0.25, 0.3) is 0 Å². The van der Waals surface area contributed by atoms with Gasteiger partial charge in [0, 0.05) is 12.5 Å². The van der Waals surface area contributed by atoms with Gasteiger partial charge in [-0.1, -0.05) is 33.9 Å². The Hall–Kier alpha value is -1.46. The Morgan fingerprint density at radius 3 is 2.23 bits per heavy atom. The van der Waals surface area contributed by atoms with Gasteiger partial charge >= 0.3 is 5.97 Å². The topological polar surface area (TPSA) is 133 Å². The predicted molar refractivity (Wildman–Crippen MR) is 99.5 cm³/mol. The summed E-state index contributed by atoms with van der Waals surface area (Å²) in [5, 5.41) is 13.0. The van der Waals surface area contributed by atoms with E-state index >= 15 is 0 Å². The Bertz CT molecular complexity index is 686. The molecule has 9 nitrogen and oxygen atoms in total. The van der Waals surface area contributed by atoms with E-state index in [0.717, 1.165) is 0 Å². The van der Waals surface area contributed by atoms with Gasteiger partial charge in [-0.2, -0.15) is 0 Å². The van der Waals surface area contributed by atoms with Crippen LogP contribution in [0, 0.1) is 0 Å². The molecule has 2 atom stereocenters. The van der Waals surface area contributed by atoms with Crippen LogP contribution in [0.2, 0.25) is 18.1 Å². The summed E-state index contributed by atoms with van der Waals surface area (Å²) in [4.78, 5) is 34.4. The van der Waals surface area contributed by atoms with Gasteiger partial charge in [0.05, 0.1) is 5.75 Å². The summed E-state index contributed by atoms with van der Waals surface area (Å²) in [6.45, 7) is 10.8. The molecule has 1 aliphatic rings. The number of aliphatic carboxylic acids is 1. The van der Waals surface area contributed by atoms with Crippen LogP contribution in [0.25, 0.3) is 0 Å². The van der Waals surface area contributed by atoms with E-state index in [2.05, 4.69) is 10.6 Å². The van der Waals surface area contributed by atoms with Gasteiger partial charge in [-0.3, -0.25) is 14.4 Å². The van der Waals surface area contributed by atoms with Gasteiger partial charge in [0.15, 0.2) is 0 Å². The normalized spacial score (nSPS) is 21.4. The standard InChI is InChI=1S/C15H29N3O6SSi/c1-10(14(22)16-8-13(20)21)17-12(19)7-11-9-25(23,24)18(11)26(5,6)15(2,3)4/h10-11H,7-9H2,1-6H3,(H,16,22)(H,17,19)(H,20,21)/t10-,11?/m0/s1. The second-order valence-electron chi connectivity index (χ2n) is 8.14. The van der Waals surface area contributed by atoms with E-state index in [1.165, 1.54) is 10.9 Å². The van der Waals surface area contributed by atoms with E-state index in [1.54, 1.807) is 0 Å². The molecule has 0 spiro atoms. The number of carbonyl (C=O) groups is 3. The number of sulfonamides is 1. The molecule has 0 saturated carbocycles. The molecule has 3 N–H and O–H groups in total. The van der Waals surface area contributed by atoms with Crippen molar-refractivity contribution in [3.05, 3.63) is 0 Å². The third kappa shape index (κ3) is 5.04. The lowest BCUT2D eigenvalue weighted by Gasteiger charge is -2.53. The fourth-order valence-electron chi connectivity index (χ4n) is 2.71. The molecule has 0 aromatic rings. The number of hydrogen-bond donors (Lipinski definition) is 3. The molecule has 150 valence electrons. The van der Waals surface area contributed by atoms with Crippen molar-refractivity contribution in [1.82, 2.24) is 14.6 Å². The van der Waals surface area contributed by atoms with E-state index in [4.69, 9.17) is 5.11 Å². The number of nitrogens with zero attached hydrogens (tertiary/aromatic N) is 1. The fourth-order valence-corrected chi connectivity index (χ4v) is 9.68. The first-order chi connectivity index (χ1) is 11.6. The van der Waals surface area contributed by atoms with Crippen LogP contribution in [-0.2, 0) is 24.4 Å². The average Bonchev–Trinajstić information content (AvgIpc) is 2.41. The molecule has 0 radical (unpaired) electrons. The number of carboxylic acids is 1. The lowest BCUT2D eigenvalue weighted by atomic mass is 10.2. The molecule has 2 amide bonds. The quantitative estimate of drug-likeness (QED) is 0.513. The largest absolute Gasteiger partial charge is 0.480 e. The number of amides is 2. The summed E-state index contributed by atoms with van der Waals surface area (Å²) in [5.74, 6) is -2.30. The molecule has 0 bridgehead atoms. The molecule has 1 saturated heterocycles. The van der Waals surface area contributed by atoms with Gasteiger partial charge < -0.3 is 15.7 Å². The summed E-state index contributed by atoms with van der Waals surface area (Å²) in [5.41, 5.74) is 0. The lowest BCUT2D eigenvalue weighted by Crippen LogP contribution is -2.70. The van der Waals surface area contributed by atoms with Crippen molar-refractivity contribution in [2.24, 2.45) is 0 Å². The number of rotatable bonds is 7. The zero-order chi connectivity index (χ0) is 20.5. The molecule has 11 heteroatoms. The van der Waals surface area contributed by atoms with Crippen molar-refractivity contribution in [2.45, 2.75) is 64.3 Å². The Kier molecular flexibility index (Phi) is 6.64. The highest BCUT2D eigenvalue weighted by atomic mass is 32.2. The lowest BCUT2D eigenvalue weighted by molar-refractivity contribution is -0.138. The smallest absolute Gasteiger partial charge is 0.322 e. The van der Waals surface area contributed by atoms with Crippen LogP contribution in [0.5, 0.6) is 0 Å². The van der Waals surface area contributed by atoms with Crippen LogP contribution in [0.4, 0.5) is 0 Å². The van der Waals surface area contributed by atoms with Crippen molar-refractivity contribution < 1.29 is 27.9 Å². The molecule has 26 heavy (non-hydrogen) atoms. The molecule has 1 aliphatic heterocycles. The van der Waals surface area contributed by atoms with Crippen LogP contribution in [-0.4, -0.2) is 67.9 Å². The highest BCUT2D eigenvalue weighted by Crippen LogP contribution is 2.44. The summed E-state index contributed by atoms with van der Waals surface area (Å²) < 4.78 is 26.1. The molecule has 1 heterocycles. The first kappa shape index (κ1) is 22.6. The molecular weight excluding hydrogens is 378 g/mol. The van der Waals surface area contributed by atoms with Gasteiger partial charge in [0.2, 0.25) is 21.8 Å². The van der Waals surface area contributed by atoms with Gasteiger partial charge in [-0.25, -0.2) is 12.4 Å². The van der Waals surface area contributed by atoms with Crippen LogP contribution in [0.1, 0.15) is 34.1 Å². The number of nitrogens with one attached hydrogen (secondary N) is 2. The van der Waals surface area contributed by atoms with Crippen LogP contribution in [0.3, 0.4) is 0 Å². The summed E-state index contributed by atoms with van der Waals surface area (Å²) in [7, 11) is -5.70. The first-order valence-corrected chi connectivity index (χ1v) is 13.0. The van der Waals surface area contributed by atoms with Gasteiger partial charge in [0.1, 0.15) is 20.8 Å². The number of hydrogen-bond acceptors (Lipinski definition) is 5. The maximum atomic E-state index is 12.3. The zero-order valence-corrected chi connectivity index (χ0v) is 17.9. The van der Waals surface area contributed by atoms with Crippen molar-refractivity contribution >= 4 is 36.0 Å². The molecule has 1 unspecified atom stereocenters. The fraction of sp³-hybridized carbons (Fsp3) is 0.800. The minimum absolute atomic E-state index is 0.0255. The van der Waals surface area contributed by atoms with Crippen LogP contribution >= 0.6 is 0 Å². The van der Waals surface area contributed by atoms with E-state index in [9.17, 15) is 22.8 Å². The van der Waals surface area contributed by atoms with E-state index in [-0.39, 0.29) is 17.2 Å². The molecular formula is C15H29N3O6SSi. The van der Waals surface area contributed by atoms with Gasteiger partial charge in [-0.15, -0.1) is 0 Å². The van der Waals surface area contributed by atoms with Crippen molar-refractivity contribution in [1.29, 1.82) is 0 Å². The summed E-state index contributed by atoms with van der Waals surface area (Å²) in [6, 6.07) is -1.31. The van der Waals surface area contributed by atoms with E-state index in [0.29, 0.717) is 0 Å². The third-order valence-electron chi connectivity index (χ3n) is 5.03. The maximum absolute atomic E-state index is 12.3. The Morgan fingerprint density at radius 1 is 1.27 bits per heavy atom. The van der Waals surface area contributed by atoms with E-state index < -0.39 is 54.7 Å². The minimum atomic E-state index is -3.35. The highest BCUT2D eigenvalue weighted by molar-refractivity contribution is 7.92. The van der Waals surface area contributed by atoms with Crippen molar-refractivity contribution in [2.75, 3.05) is 12.3 Å². The van der Waals surface area contributed by atoms with Crippen LogP contribution < -0.4 is 10.6 Å². The SMILES string of the molecule is C[C@H](NC(=O)CC1CS(=O)(=O)N1[Si](C)(C)C(C)(C)C)C(=O)NCC(=O)O. The average molecular weight is 408 g/mol. The zero-order valence-electron chi connectivity index (χ0n) is 16.1. The second kappa shape index (κ2) is 7.65. The molecule has 0 aromatic heterocycles. The monoisotopic (exact) mass is 407 g/mol. The maximum Gasteiger partial charge on any atom is 0.322 e. The van der Waals surface area contributed by atoms with Crippen LogP contribution in [0.15, 0.2) is 0 Å². The Labute approximate surface area is 155 Å². The highest BCUT2D eigenvalue weighted by Gasteiger charge is 2.56.